The maximum Gasteiger partial charge on any atom is 0.146 e. The molecule has 90 valence electrons. The lowest BCUT2D eigenvalue weighted by Gasteiger charge is -2.10. The van der Waals surface area contributed by atoms with E-state index in [1.54, 1.807) is 30.3 Å². The molecule has 0 radical (unpaired) electrons. The largest absolute Gasteiger partial charge is 0.456 e. The minimum Gasteiger partial charge on any atom is -0.456 e. The molecular weight excluding hydrogens is 314 g/mol. The number of halogens is 2. The van der Waals surface area contributed by atoms with Crippen molar-refractivity contribution in [1.29, 1.82) is 5.26 Å². The van der Waals surface area contributed by atoms with Crippen LogP contribution in [0.15, 0.2) is 40.9 Å². The standard InChI is InChI=1S/C14H9BrClNO/c1-9-6-12(16)4-5-13(9)18-14-7-11(15)3-2-10(14)8-17/h2-7H,1H3. The van der Waals surface area contributed by atoms with Crippen molar-refractivity contribution in [3.63, 3.8) is 0 Å². The van der Waals surface area contributed by atoms with Crippen LogP contribution in [0.2, 0.25) is 5.02 Å². The third kappa shape index (κ3) is 2.84. The van der Waals surface area contributed by atoms with Gasteiger partial charge in [0.05, 0.1) is 5.56 Å². The molecule has 0 bridgehead atoms. The molecule has 0 saturated carbocycles. The van der Waals surface area contributed by atoms with Crippen LogP contribution >= 0.6 is 27.5 Å². The molecular formula is C14H9BrClNO. The Bertz CT molecular complexity index is 634. The van der Waals surface area contributed by atoms with Crippen LogP contribution in [-0.2, 0) is 0 Å². The molecule has 0 aliphatic heterocycles. The van der Waals surface area contributed by atoms with E-state index < -0.39 is 0 Å². The molecule has 0 aliphatic carbocycles. The first-order chi connectivity index (χ1) is 8.60. The van der Waals surface area contributed by atoms with Crippen LogP contribution in [0.4, 0.5) is 0 Å². The summed E-state index contributed by atoms with van der Waals surface area (Å²) in [5.41, 5.74) is 1.42. The number of hydrogen-bond donors (Lipinski definition) is 0. The summed E-state index contributed by atoms with van der Waals surface area (Å²) >= 11 is 9.25. The number of hydrogen-bond acceptors (Lipinski definition) is 2. The van der Waals surface area contributed by atoms with Crippen LogP contribution in [0.5, 0.6) is 11.5 Å². The van der Waals surface area contributed by atoms with Crippen molar-refractivity contribution in [3.05, 3.63) is 57.0 Å². The van der Waals surface area contributed by atoms with Crippen molar-refractivity contribution >= 4 is 27.5 Å². The molecule has 18 heavy (non-hydrogen) atoms. The van der Waals surface area contributed by atoms with Crippen molar-refractivity contribution in [3.8, 4) is 17.6 Å². The summed E-state index contributed by atoms with van der Waals surface area (Å²) in [6, 6.07) is 12.8. The Hall–Kier alpha value is -1.50. The van der Waals surface area contributed by atoms with Gasteiger partial charge in [-0.05, 0) is 48.9 Å². The van der Waals surface area contributed by atoms with Gasteiger partial charge in [-0.15, -0.1) is 0 Å². The van der Waals surface area contributed by atoms with Gasteiger partial charge in [0, 0.05) is 9.50 Å². The number of nitriles is 1. The summed E-state index contributed by atoms with van der Waals surface area (Å²) in [6.45, 7) is 1.91. The summed E-state index contributed by atoms with van der Waals surface area (Å²) in [5.74, 6) is 1.21. The van der Waals surface area contributed by atoms with E-state index in [9.17, 15) is 0 Å². The van der Waals surface area contributed by atoms with E-state index in [1.165, 1.54) is 0 Å². The fourth-order valence-electron chi connectivity index (χ4n) is 1.52. The lowest BCUT2D eigenvalue weighted by atomic mass is 10.2. The molecule has 2 aromatic rings. The van der Waals surface area contributed by atoms with Crippen LogP contribution in [0.3, 0.4) is 0 Å². The van der Waals surface area contributed by atoms with Crippen LogP contribution in [0.1, 0.15) is 11.1 Å². The van der Waals surface area contributed by atoms with E-state index in [2.05, 4.69) is 22.0 Å². The highest BCUT2D eigenvalue weighted by atomic mass is 79.9. The van der Waals surface area contributed by atoms with Crippen molar-refractivity contribution < 1.29 is 4.74 Å². The highest BCUT2D eigenvalue weighted by Crippen LogP contribution is 2.31. The van der Waals surface area contributed by atoms with E-state index in [4.69, 9.17) is 21.6 Å². The highest BCUT2D eigenvalue weighted by molar-refractivity contribution is 9.10. The SMILES string of the molecule is Cc1cc(Cl)ccc1Oc1cc(Br)ccc1C#N. The molecule has 0 aromatic heterocycles. The predicted molar refractivity (Wildman–Crippen MR) is 75.1 cm³/mol. The van der Waals surface area contributed by atoms with E-state index in [-0.39, 0.29) is 0 Å². The first kappa shape index (κ1) is 12.9. The minimum atomic E-state index is 0.493. The molecule has 0 amide bonds. The molecule has 0 heterocycles. The Balaban J connectivity index is 2.40. The van der Waals surface area contributed by atoms with Crippen LogP contribution < -0.4 is 4.74 Å². The van der Waals surface area contributed by atoms with E-state index in [0.29, 0.717) is 22.1 Å². The van der Waals surface area contributed by atoms with Gasteiger partial charge in [0.25, 0.3) is 0 Å². The molecule has 2 aromatic carbocycles. The maximum atomic E-state index is 9.03. The third-order valence-electron chi connectivity index (χ3n) is 2.42. The maximum absolute atomic E-state index is 9.03. The lowest BCUT2D eigenvalue weighted by Crippen LogP contribution is -1.90. The fourth-order valence-corrected chi connectivity index (χ4v) is 2.09. The number of benzene rings is 2. The van der Waals surface area contributed by atoms with Gasteiger partial charge in [0.2, 0.25) is 0 Å². The smallest absolute Gasteiger partial charge is 0.146 e. The topological polar surface area (TPSA) is 33.0 Å². The molecule has 0 aliphatic rings. The van der Waals surface area contributed by atoms with Crippen LogP contribution in [0, 0.1) is 18.3 Å². The molecule has 0 atom stereocenters. The molecule has 0 saturated heterocycles. The highest BCUT2D eigenvalue weighted by Gasteiger charge is 2.07. The monoisotopic (exact) mass is 321 g/mol. The van der Waals surface area contributed by atoms with Crippen molar-refractivity contribution in [2.45, 2.75) is 6.92 Å². The summed E-state index contributed by atoms with van der Waals surface area (Å²) in [5, 5.41) is 9.70. The number of rotatable bonds is 2. The van der Waals surface area contributed by atoms with Crippen molar-refractivity contribution in [1.82, 2.24) is 0 Å². The quantitative estimate of drug-likeness (QED) is 0.773. The second-order valence-electron chi connectivity index (χ2n) is 3.76. The van der Waals surface area contributed by atoms with Gasteiger partial charge in [-0.3, -0.25) is 0 Å². The zero-order valence-electron chi connectivity index (χ0n) is 9.58. The van der Waals surface area contributed by atoms with Gasteiger partial charge in [-0.2, -0.15) is 5.26 Å². The van der Waals surface area contributed by atoms with Gasteiger partial charge in [-0.1, -0.05) is 27.5 Å². The first-order valence-corrected chi connectivity index (χ1v) is 6.41. The lowest BCUT2D eigenvalue weighted by molar-refractivity contribution is 0.477. The summed E-state index contributed by atoms with van der Waals surface area (Å²) in [4.78, 5) is 0. The van der Waals surface area contributed by atoms with Gasteiger partial charge < -0.3 is 4.74 Å². The second kappa shape index (κ2) is 5.43. The molecule has 2 rings (SSSR count). The van der Waals surface area contributed by atoms with E-state index in [1.807, 2.05) is 13.0 Å². The van der Waals surface area contributed by atoms with Crippen molar-refractivity contribution in [2.75, 3.05) is 0 Å². The van der Waals surface area contributed by atoms with E-state index in [0.717, 1.165) is 10.0 Å². The van der Waals surface area contributed by atoms with Gasteiger partial charge in [0.15, 0.2) is 0 Å². The Morgan fingerprint density at radius 3 is 2.61 bits per heavy atom. The van der Waals surface area contributed by atoms with Gasteiger partial charge >= 0.3 is 0 Å². The average molecular weight is 323 g/mol. The second-order valence-corrected chi connectivity index (χ2v) is 5.12. The van der Waals surface area contributed by atoms with Crippen molar-refractivity contribution in [2.24, 2.45) is 0 Å². The molecule has 4 heteroatoms. The Kier molecular flexibility index (Phi) is 3.90. The summed E-state index contributed by atoms with van der Waals surface area (Å²) in [7, 11) is 0. The minimum absolute atomic E-state index is 0.493. The molecule has 0 spiro atoms. The first-order valence-electron chi connectivity index (χ1n) is 5.24. The van der Waals surface area contributed by atoms with E-state index >= 15 is 0 Å². The zero-order valence-corrected chi connectivity index (χ0v) is 11.9. The van der Waals surface area contributed by atoms with Crippen LogP contribution in [-0.4, -0.2) is 0 Å². The third-order valence-corrected chi connectivity index (χ3v) is 3.15. The van der Waals surface area contributed by atoms with Gasteiger partial charge in [0.1, 0.15) is 17.6 Å². The Morgan fingerprint density at radius 2 is 1.94 bits per heavy atom. The molecule has 2 nitrogen and oxygen atoms in total. The van der Waals surface area contributed by atoms with Gasteiger partial charge in [-0.25, -0.2) is 0 Å². The molecule has 0 N–H and O–H groups in total. The zero-order chi connectivity index (χ0) is 13.1. The molecule has 0 unspecified atom stereocenters. The Morgan fingerprint density at radius 1 is 1.17 bits per heavy atom. The normalized spacial score (nSPS) is 9.89. The number of nitrogens with zero attached hydrogens (tertiary/aromatic N) is 1. The Labute approximate surface area is 119 Å². The predicted octanol–water partition coefficient (Wildman–Crippen LogP) is 5.07. The summed E-state index contributed by atoms with van der Waals surface area (Å²) < 4.78 is 6.62. The molecule has 0 fully saturated rings. The summed E-state index contributed by atoms with van der Waals surface area (Å²) in [6.07, 6.45) is 0. The van der Waals surface area contributed by atoms with Crippen LogP contribution in [0.25, 0.3) is 0 Å². The number of aryl methyl sites for hydroxylation is 1. The number of ether oxygens (including phenoxy) is 1. The fraction of sp³-hybridized carbons (Fsp3) is 0.0714. The average Bonchev–Trinajstić information content (AvgIpc) is 2.33.